The second-order valence-electron chi connectivity index (χ2n) is 4.92. The zero-order valence-electron chi connectivity index (χ0n) is 11.9. The minimum atomic E-state index is -0.0394. The van der Waals surface area contributed by atoms with Gasteiger partial charge >= 0.3 is 0 Å². The van der Waals surface area contributed by atoms with Crippen LogP contribution in [-0.2, 0) is 12.8 Å². The van der Waals surface area contributed by atoms with Gasteiger partial charge in [0.15, 0.2) is 0 Å². The van der Waals surface area contributed by atoms with E-state index in [1.807, 2.05) is 43.3 Å². The highest BCUT2D eigenvalue weighted by atomic mass is 32.1. The van der Waals surface area contributed by atoms with Gasteiger partial charge in [-0.25, -0.2) is 0 Å². The quantitative estimate of drug-likeness (QED) is 0.598. The van der Waals surface area contributed by atoms with Gasteiger partial charge in [-0.3, -0.25) is 0 Å². The Balaban J connectivity index is 0.000000200. The van der Waals surface area contributed by atoms with Crippen molar-refractivity contribution in [3.05, 3.63) is 71.8 Å². The highest BCUT2D eigenvalue weighted by molar-refractivity contribution is 7.80. The molecule has 0 amide bonds. The molecule has 0 bridgehead atoms. The molecule has 0 saturated carbocycles. The van der Waals surface area contributed by atoms with E-state index < -0.39 is 0 Å². The largest absolute Gasteiger partial charge is 0.328 e. The molecule has 2 aromatic carbocycles. The van der Waals surface area contributed by atoms with E-state index in [4.69, 9.17) is 11.5 Å². The van der Waals surface area contributed by atoms with Crippen LogP contribution in [0, 0.1) is 0 Å². The smallest absolute Gasteiger partial charge is 0.0518 e. The number of hydrogen-bond acceptors (Lipinski definition) is 3. The molecule has 0 aromatic heterocycles. The molecule has 0 heterocycles. The molecule has 0 fully saturated rings. The van der Waals surface area contributed by atoms with E-state index >= 15 is 0 Å². The molecule has 20 heavy (non-hydrogen) atoms. The summed E-state index contributed by atoms with van der Waals surface area (Å²) >= 11 is 4.09. The van der Waals surface area contributed by atoms with Gasteiger partial charge in [-0.1, -0.05) is 60.7 Å². The SMILES string of the molecule is CC(N)Cc1ccccc1.NC(S)Cc1ccccc1. The fourth-order valence-electron chi connectivity index (χ4n) is 1.84. The predicted molar refractivity (Wildman–Crippen MR) is 90.9 cm³/mol. The summed E-state index contributed by atoms with van der Waals surface area (Å²) < 4.78 is 0. The topological polar surface area (TPSA) is 52.0 Å². The first-order valence-electron chi connectivity index (χ1n) is 6.85. The van der Waals surface area contributed by atoms with Crippen molar-refractivity contribution in [1.82, 2.24) is 0 Å². The summed E-state index contributed by atoms with van der Waals surface area (Å²) in [5.74, 6) is 0. The molecule has 0 aliphatic carbocycles. The second-order valence-corrected chi connectivity index (χ2v) is 5.59. The van der Waals surface area contributed by atoms with E-state index in [1.165, 1.54) is 11.1 Å². The summed E-state index contributed by atoms with van der Waals surface area (Å²) in [6.45, 7) is 2.02. The molecule has 108 valence electrons. The standard InChI is InChI=1S/C9H13N.C8H11NS/c1-8(10)7-9-5-3-2-4-6-9;9-8(10)6-7-4-2-1-3-5-7/h2-6,8H,7,10H2,1H3;1-5,8,10H,6,9H2. The summed E-state index contributed by atoms with van der Waals surface area (Å²) in [4.78, 5) is 0. The lowest BCUT2D eigenvalue weighted by Gasteiger charge is -2.02. The first kappa shape index (κ1) is 16.8. The highest BCUT2D eigenvalue weighted by Gasteiger charge is 1.95. The third-order valence-corrected chi connectivity index (χ3v) is 2.87. The molecular weight excluding hydrogens is 264 g/mol. The van der Waals surface area contributed by atoms with Crippen LogP contribution in [0.1, 0.15) is 18.1 Å². The molecule has 0 aliphatic rings. The summed E-state index contributed by atoms with van der Waals surface area (Å²) in [6, 6.07) is 20.7. The van der Waals surface area contributed by atoms with Crippen LogP contribution in [0.5, 0.6) is 0 Å². The van der Waals surface area contributed by atoms with Gasteiger partial charge in [0.05, 0.1) is 5.37 Å². The normalized spacial score (nSPS) is 13.0. The first-order valence-corrected chi connectivity index (χ1v) is 7.36. The van der Waals surface area contributed by atoms with Crippen LogP contribution in [-0.4, -0.2) is 11.4 Å². The molecule has 3 heteroatoms. The van der Waals surface area contributed by atoms with Gasteiger partial charge in [0, 0.05) is 6.04 Å². The van der Waals surface area contributed by atoms with Crippen LogP contribution in [0.15, 0.2) is 60.7 Å². The molecule has 2 nitrogen and oxygen atoms in total. The fraction of sp³-hybridized carbons (Fsp3) is 0.294. The maximum absolute atomic E-state index is 5.62. The van der Waals surface area contributed by atoms with E-state index in [1.54, 1.807) is 0 Å². The third kappa shape index (κ3) is 8.00. The zero-order valence-corrected chi connectivity index (χ0v) is 12.8. The Bertz CT molecular complexity index is 409. The minimum Gasteiger partial charge on any atom is -0.328 e. The van der Waals surface area contributed by atoms with Gasteiger partial charge in [0.25, 0.3) is 0 Å². The lowest BCUT2D eigenvalue weighted by atomic mass is 10.1. The lowest BCUT2D eigenvalue weighted by molar-refractivity contribution is 0.738. The lowest BCUT2D eigenvalue weighted by Crippen LogP contribution is -2.17. The Morgan fingerprint density at radius 2 is 1.20 bits per heavy atom. The van der Waals surface area contributed by atoms with Crippen LogP contribution in [0.4, 0.5) is 0 Å². The molecule has 2 rings (SSSR count). The van der Waals surface area contributed by atoms with Crippen molar-refractivity contribution in [3.8, 4) is 0 Å². The van der Waals surface area contributed by atoms with Crippen molar-refractivity contribution >= 4 is 12.6 Å². The average Bonchev–Trinajstić information content (AvgIpc) is 2.40. The Kier molecular flexibility index (Phi) is 8.04. The van der Waals surface area contributed by atoms with E-state index in [-0.39, 0.29) is 11.4 Å². The number of nitrogens with two attached hydrogens (primary N) is 2. The first-order chi connectivity index (χ1) is 9.58. The molecule has 0 aliphatic heterocycles. The second kappa shape index (κ2) is 9.59. The van der Waals surface area contributed by atoms with Crippen LogP contribution in [0.2, 0.25) is 0 Å². The molecule has 2 atom stereocenters. The summed E-state index contributed by atoms with van der Waals surface area (Å²) in [5, 5.41) is -0.0394. The minimum absolute atomic E-state index is 0.0394. The van der Waals surface area contributed by atoms with Crippen molar-refractivity contribution < 1.29 is 0 Å². The van der Waals surface area contributed by atoms with E-state index in [0.717, 1.165) is 12.8 Å². The number of benzene rings is 2. The Hall–Kier alpha value is -1.29. The highest BCUT2D eigenvalue weighted by Crippen LogP contribution is 2.02. The van der Waals surface area contributed by atoms with Crippen molar-refractivity contribution in [2.24, 2.45) is 11.5 Å². The van der Waals surface area contributed by atoms with Gasteiger partial charge in [-0.05, 0) is 30.9 Å². The van der Waals surface area contributed by atoms with Gasteiger partial charge in [0.2, 0.25) is 0 Å². The van der Waals surface area contributed by atoms with E-state index in [9.17, 15) is 0 Å². The Morgan fingerprint density at radius 1 is 0.800 bits per heavy atom. The van der Waals surface area contributed by atoms with E-state index in [0.29, 0.717) is 0 Å². The number of rotatable bonds is 4. The summed E-state index contributed by atoms with van der Waals surface area (Å²) in [7, 11) is 0. The van der Waals surface area contributed by atoms with Gasteiger partial charge in [-0.2, -0.15) is 12.6 Å². The van der Waals surface area contributed by atoms with Gasteiger partial charge < -0.3 is 11.5 Å². The monoisotopic (exact) mass is 288 g/mol. The molecule has 0 saturated heterocycles. The number of thiol groups is 1. The number of hydrogen-bond donors (Lipinski definition) is 3. The maximum Gasteiger partial charge on any atom is 0.0518 e. The van der Waals surface area contributed by atoms with Crippen molar-refractivity contribution in [2.45, 2.75) is 31.2 Å². The molecule has 0 radical (unpaired) electrons. The summed E-state index contributed by atoms with van der Waals surface area (Å²) in [5.41, 5.74) is 13.7. The molecule has 0 spiro atoms. The van der Waals surface area contributed by atoms with Crippen LogP contribution >= 0.6 is 12.6 Å². The van der Waals surface area contributed by atoms with Crippen LogP contribution in [0.25, 0.3) is 0 Å². The molecule has 2 aromatic rings. The molecule has 2 unspecified atom stereocenters. The fourth-order valence-corrected chi connectivity index (χ4v) is 2.05. The van der Waals surface area contributed by atoms with E-state index in [2.05, 4.69) is 36.9 Å². The van der Waals surface area contributed by atoms with Crippen LogP contribution < -0.4 is 11.5 Å². The van der Waals surface area contributed by atoms with Crippen molar-refractivity contribution in [3.63, 3.8) is 0 Å². The Morgan fingerprint density at radius 3 is 1.55 bits per heavy atom. The van der Waals surface area contributed by atoms with Crippen molar-refractivity contribution in [1.29, 1.82) is 0 Å². The predicted octanol–water partition coefficient (Wildman–Crippen LogP) is 3.02. The molecule has 4 N–H and O–H groups in total. The van der Waals surface area contributed by atoms with Crippen LogP contribution in [0.3, 0.4) is 0 Å². The zero-order chi connectivity index (χ0) is 14.8. The maximum atomic E-state index is 5.62. The Labute approximate surface area is 127 Å². The third-order valence-electron chi connectivity index (χ3n) is 2.69. The molecular formula is C17H24N2S. The summed E-state index contributed by atoms with van der Waals surface area (Å²) in [6.07, 6.45) is 1.81. The van der Waals surface area contributed by atoms with Gasteiger partial charge in [-0.15, -0.1) is 0 Å². The van der Waals surface area contributed by atoms with Gasteiger partial charge in [0.1, 0.15) is 0 Å². The average molecular weight is 288 g/mol. The van der Waals surface area contributed by atoms with Crippen molar-refractivity contribution in [2.75, 3.05) is 0 Å².